The number of ether oxygens (including phenoxy) is 1. The molecule has 8 heteroatoms. The summed E-state index contributed by atoms with van der Waals surface area (Å²) in [7, 11) is 0. The van der Waals surface area contributed by atoms with Gasteiger partial charge < -0.3 is 14.5 Å². The fourth-order valence-corrected chi connectivity index (χ4v) is 5.04. The number of likely N-dealkylation sites (tertiary alicyclic amines) is 1. The molecule has 0 saturated carbocycles. The molecule has 2 fully saturated rings. The van der Waals surface area contributed by atoms with Gasteiger partial charge in [0, 0.05) is 55.8 Å². The highest BCUT2D eigenvalue weighted by atomic mass is 16.5. The van der Waals surface area contributed by atoms with E-state index < -0.39 is 0 Å². The summed E-state index contributed by atoms with van der Waals surface area (Å²) in [5.74, 6) is 1.81. The summed E-state index contributed by atoms with van der Waals surface area (Å²) in [4.78, 5) is 20.8. The van der Waals surface area contributed by atoms with Crippen molar-refractivity contribution in [3.63, 3.8) is 0 Å². The molecule has 2 saturated heterocycles. The van der Waals surface area contributed by atoms with Crippen LogP contribution in [0, 0.1) is 16.7 Å². The number of nitriles is 1. The van der Waals surface area contributed by atoms with Gasteiger partial charge in [-0.1, -0.05) is 0 Å². The number of anilines is 1. The molecule has 0 aliphatic carbocycles. The Kier molecular flexibility index (Phi) is 4.97. The van der Waals surface area contributed by atoms with Gasteiger partial charge in [0.2, 0.25) is 5.91 Å². The van der Waals surface area contributed by atoms with Crippen molar-refractivity contribution in [2.75, 3.05) is 37.7 Å². The van der Waals surface area contributed by atoms with Crippen molar-refractivity contribution in [3.05, 3.63) is 42.4 Å². The highest BCUT2D eigenvalue weighted by molar-refractivity contribution is 5.85. The first-order valence-electron chi connectivity index (χ1n) is 11.0. The number of nitrogens with zero attached hydrogens (tertiary/aromatic N) is 6. The van der Waals surface area contributed by atoms with Crippen molar-refractivity contribution in [1.82, 2.24) is 19.5 Å². The standard InChI is InChI=1S/C24H26N6O2/c1-3-32-20-10-21(23-19(11-25)13-27-30(23)14-20)18-4-5-22(26-12-18)29-9-7-24(16-29)6-8-28(15-24)17(2)31/h4-5,10,12-14H,3,6-9,15-16H2,1-2H3. The summed E-state index contributed by atoms with van der Waals surface area (Å²) < 4.78 is 7.40. The van der Waals surface area contributed by atoms with Gasteiger partial charge in [-0.2, -0.15) is 10.4 Å². The van der Waals surface area contributed by atoms with Gasteiger partial charge in [-0.25, -0.2) is 9.50 Å². The Morgan fingerprint density at radius 3 is 2.78 bits per heavy atom. The SMILES string of the molecule is CCOc1cc(-c2ccc(N3CCC4(CCN(C(C)=O)C4)C3)nc2)c2c(C#N)cnn2c1. The predicted molar refractivity (Wildman–Crippen MR) is 120 cm³/mol. The molecule has 2 aliphatic rings. The maximum atomic E-state index is 11.8. The lowest BCUT2D eigenvalue weighted by Gasteiger charge is -2.24. The molecule has 0 N–H and O–H groups in total. The monoisotopic (exact) mass is 430 g/mol. The van der Waals surface area contributed by atoms with Crippen molar-refractivity contribution in [3.8, 4) is 22.9 Å². The number of amides is 1. The van der Waals surface area contributed by atoms with Gasteiger partial charge in [0.25, 0.3) is 0 Å². The Bertz CT molecular complexity index is 1210. The van der Waals surface area contributed by atoms with Gasteiger partial charge in [-0.15, -0.1) is 0 Å². The van der Waals surface area contributed by atoms with Crippen LogP contribution in [-0.4, -0.2) is 58.2 Å². The molecule has 1 unspecified atom stereocenters. The van der Waals surface area contributed by atoms with E-state index in [1.54, 1.807) is 23.8 Å². The first-order chi connectivity index (χ1) is 15.5. The summed E-state index contributed by atoms with van der Waals surface area (Å²) in [6, 6.07) is 8.25. The summed E-state index contributed by atoms with van der Waals surface area (Å²) in [6.07, 6.45) is 7.36. The fraction of sp³-hybridized carbons (Fsp3) is 0.417. The van der Waals surface area contributed by atoms with E-state index in [2.05, 4.69) is 16.1 Å². The van der Waals surface area contributed by atoms with Crippen molar-refractivity contribution in [2.24, 2.45) is 5.41 Å². The zero-order chi connectivity index (χ0) is 22.3. The van der Waals surface area contributed by atoms with Crippen LogP contribution >= 0.6 is 0 Å². The van der Waals surface area contributed by atoms with Crippen molar-refractivity contribution in [1.29, 1.82) is 5.26 Å². The average molecular weight is 431 g/mol. The van der Waals surface area contributed by atoms with E-state index in [1.807, 2.05) is 36.2 Å². The van der Waals surface area contributed by atoms with E-state index in [0.29, 0.717) is 17.9 Å². The number of hydrogen-bond donors (Lipinski definition) is 0. The van der Waals surface area contributed by atoms with Crippen LogP contribution in [0.4, 0.5) is 5.82 Å². The van der Waals surface area contributed by atoms with Gasteiger partial charge in [0.15, 0.2) is 0 Å². The Morgan fingerprint density at radius 2 is 2.09 bits per heavy atom. The third-order valence-corrected chi connectivity index (χ3v) is 6.72. The molecule has 164 valence electrons. The number of hydrogen-bond acceptors (Lipinski definition) is 6. The van der Waals surface area contributed by atoms with E-state index in [1.165, 1.54) is 0 Å². The minimum Gasteiger partial charge on any atom is -0.492 e. The number of carbonyl (C=O) groups is 1. The summed E-state index contributed by atoms with van der Waals surface area (Å²) >= 11 is 0. The first kappa shape index (κ1) is 20.3. The normalized spacial score (nSPS) is 20.3. The van der Waals surface area contributed by atoms with Crippen molar-refractivity contribution < 1.29 is 9.53 Å². The molecule has 5 heterocycles. The maximum absolute atomic E-state index is 11.8. The smallest absolute Gasteiger partial charge is 0.219 e. The molecule has 0 aromatic carbocycles. The van der Waals surface area contributed by atoms with Crippen molar-refractivity contribution >= 4 is 17.2 Å². The van der Waals surface area contributed by atoms with Crippen LogP contribution in [0.25, 0.3) is 16.6 Å². The molecule has 2 aliphatic heterocycles. The highest BCUT2D eigenvalue weighted by Gasteiger charge is 2.44. The fourth-order valence-electron chi connectivity index (χ4n) is 5.04. The van der Waals surface area contributed by atoms with E-state index >= 15 is 0 Å². The van der Waals surface area contributed by atoms with Gasteiger partial charge >= 0.3 is 0 Å². The van der Waals surface area contributed by atoms with Crippen LogP contribution in [0.15, 0.2) is 36.8 Å². The van der Waals surface area contributed by atoms with Crippen LogP contribution in [0.2, 0.25) is 0 Å². The third kappa shape index (κ3) is 3.44. The van der Waals surface area contributed by atoms with Gasteiger partial charge in [-0.05, 0) is 38.0 Å². The molecule has 5 rings (SSSR count). The molecule has 1 amide bonds. The van der Waals surface area contributed by atoms with Crippen LogP contribution in [0.1, 0.15) is 32.3 Å². The quantitative estimate of drug-likeness (QED) is 0.632. The molecule has 1 atom stereocenters. The zero-order valence-electron chi connectivity index (χ0n) is 18.4. The minimum absolute atomic E-state index is 0.167. The Balaban J connectivity index is 1.42. The van der Waals surface area contributed by atoms with Crippen molar-refractivity contribution in [2.45, 2.75) is 26.7 Å². The molecule has 1 spiro atoms. The number of pyridine rings is 2. The van der Waals surface area contributed by atoms with E-state index in [4.69, 9.17) is 9.72 Å². The van der Waals surface area contributed by atoms with Crippen LogP contribution in [-0.2, 0) is 4.79 Å². The van der Waals surface area contributed by atoms with Gasteiger partial charge in [-0.3, -0.25) is 4.79 Å². The minimum atomic E-state index is 0.167. The lowest BCUT2D eigenvalue weighted by atomic mass is 9.86. The highest BCUT2D eigenvalue weighted by Crippen LogP contribution is 2.41. The second kappa shape index (κ2) is 7.83. The maximum Gasteiger partial charge on any atom is 0.219 e. The zero-order valence-corrected chi connectivity index (χ0v) is 18.4. The molecule has 0 bridgehead atoms. The molecule has 8 nitrogen and oxygen atoms in total. The summed E-state index contributed by atoms with van der Waals surface area (Å²) in [5, 5.41) is 13.8. The number of fused-ring (bicyclic) bond motifs is 1. The first-order valence-corrected chi connectivity index (χ1v) is 11.0. The second-order valence-corrected chi connectivity index (χ2v) is 8.75. The lowest BCUT2D eigenvalue weighted by Crippen LogP contribution is -2.33. The number of rotatable bonds is 4. The van der Waals surface area contributed by atoms with E-state index in [-0.39, 0.29) is 11.3 Å². The topological polar surface area (TPSA) is 86.8 Å². The van der Waals surface area contributed by atoms with E-state index in [9.17, 15) is 10.1 Å². The van der Waals surface area contributed by atoms with E-state index in [0.717, 1.165) is 61.5 Å². The van der Waals surface area contributed by atoms with Gasteiger partial charge in [0.1, 0.15) is 17.6 Å². The molecule has 3 aromatic rings. The van der Waals surface area contributed by atoms with Gasteiger partial charge in [0.05, 0.1) is 30.1 Å². The number of aromatic nitrogens is 3. The van der Waals surface area contributed by atoms with Crippen LogP contribution in [0.3, 0.4) is 0 Å². The average Bonchev–Trinajstić information content (AvgIpc) is 3.53. The third-order valence-electron chi connectivity index (χ3n) is 6.72. The number of carbonyl (C=O) groups excluding carboxylic acids is 1. The Labute approximate surface area is 187 Å². The largest absolute Gasteiger partial charge is 0.492 e. The summed E-state index contributed by atoms with van der Waals surface area (Å²) in [5.41, 5.74) is 3.24. The Hall–Kier alpha value is -3.60. The molecule has 32 heavy (non-hydrogen) atoms. The van der Waals surface area contributed by atoms with Crippen LogP contribution in [0.5, 0.6) is 5.75 Å². The van der Waals surface area contributed by atoms with Crippen LogP contribution < -0.4 is 9.64 Å². The summed E-state index contributed by atoms with van der Waals surface area (Å²) in [6.45, 7) is 7.71. The second-order valence-electron chi connectivity index (χ2n) is 8.75. The molecular weight excluding hydrogens is 404 g/mol. The molecular formula is C24H26N6O2. The lowest BCUT2D eigenvalue weighted by molar-refractivity contribution is -0.128. The Morgan fingerprint density at radius 1 is 1.25 bits per heavy atom. The molecule has 0 radical (unpaired) electrons. The predicted octanol–water partition coefficient (Wildman–Crippen LogP) is 3.12. The molecule has 3 aromatic heterocycles.